The molecule has 0 radical (unpaired) electrons. The standard InChI is InChI=1S/C18H22N4O/c1-3-15(12-19-7-1)21-11-14-5-6-17-18(14)23-10-9-22(17)16-4-2-8-20-13-16/h1-4,7-8,12-14,17-18,21H,5-6,9-11H2/t14-,17-,18+/m0/s1. The summed E-state index contributed by atoms with van der Waals surface area (Å²) in [5.41, 5.74) is 2.29. The highest BCUT2D eigenvalue weighted by molar-refractivity contribution is 5.46. The summed E-state index contributed by atoms with van der Waals surface area (Å²) >= 11 is 0. The zero-order chi connectivity index (χ0) is 15.5. The number of morpholine rings is 1. The Labute approximate surface area is 136 Å². The lowest BCUT2D eigenvalue weighted by molar-refractivity contribution is 0.00136. The quantitative estimate of drug-likeness (QED) is 0.940. The van der Waals surface area contributed by atoms with Gasteiger partial charge in [-0.2, -0.15) is 0 Å². The van der Waals surface area contributed by atoms with Crippen LogP contribution in [-0.4, -0.2) is 41.8 Å². The second-order valence-corrected chi connectivity index (χ2v) is 6.27. The topological polar surface area (TPSA) is 50.3 Å². The summed E-state index contributed by atoms with van der Waals surface area (Å²) in [6.45, 7) is 2.68. The molecule has 2 fully saturated rings. The molecule has 0 bridgehead atoms. The summed E-state index contributed by atoms with van der Waals surface area (Å²) in [6, 6.07) is 8.64. The van der Waals surface area contributed by atoms with Gasteiger partial charge >= 0.3 is 0 Å². The fourth-order valence-corrected chi connectivity index (χ4v) is 3.84. The van der Waals surface area contributed by atoms with Gasteiger partial charge in [0.15, 0.2) is 0 Å². The molecule has 5 nitrogen and oxygen atoms in total. The summed E-state index contributed by atoms with van der Waals surface area (Å²) in [4.78, 5) is 10.9. The van der Waals surface area contributed by atoms with Crippen LogP contribution < -0.4 is 10.2 Å². The van der Waals surface area contributed by atoms with Gasteiger partial charge in [-0.1, -0.05) is 0 Å². The number of fused-ring (bicyclic) bond motifs is 1. The van der Waals surface area contributed by atoms with Crippen LogP contribution in [0.5, 0.6) is 0 Å². The maximum Gasteiger partial charge on any atom is 0.0823 e. The average Bonchev–Trinajstić information content (AvgIpc) is 3.05. The van der Waals surface area contributed by atoms with Crippen LogP contribution in [0.4, 0.5) is 11.4 Å². The van der Waals surface area contributed by atoms with Crippen LogP contribution in [0.1, 0.15) is 12.8 Å². The van der Waals surface area contributed by atoms with Crippen molar-refractivity contribution in [2.24, 2.45) is 5.92 Å². The van der Waals surface area contributed by atoms with Gasteiger partial charge in [0.25, 0.3) is 0 Å². The Kier molecular flexibility index (Phi) is 4.11. The van der Waals surface area contributed by atoms with Gasteiger partial charge in [-0.15, -0.1) is 0 Å². The maximum absolute atomic E-state index is 6.14. The van der Waals surface area contributed by atoms with Crippen LogP contribution in [0, 0.1) is 5.92 Å². The van der Waals surface area contributed by atoms with E-state index in [2.05, 4.69) is 32.3 Å². The van der Waals surface area contributed by atoms with E-state index >= 15 is 0 Å². The molecule has 3 heterocycles. The van der Waals surface area contributed by atoms with E-state index < -0.39 is 0 Å². The lowest BCUT2D eigenvalue weighted by Crippen LogP contribution is -2.51. The number of ether oxygens (including phenoxy) is 1. The van der Waals surface area contributed by atoms with Crippen LogP contribution in [0.25, 0.3) is 0 Å². The van der Waals surface area contributed by atoms with Crippen molar-refractivity contribution < 1.29 is 4.74 Å². The molecule has 0 spiro atoms. The van der Waals surface area contributed by atoms with Crippen molar-refractivity contribution >= 4 is 11.4 Å². The van der Waals surface area contributed by atoms with E-state index in [0.29, 0.717) is 18.1 Å². The third kappa shape index (κ3) is 3.01. The van der Waals surface area contributed by atoms with Crippen molar-refractivity contribution in [2.45, 2.75) is 25.0 Å². The highest BCUT2D eigenvalue weighted by atomic mass is 16.5. The molecule has 5 heteroatoms. The Hall–Kier alpha value is -2.14. The number of pyridine rings is 2. The molecule has 3 atom stereocenters. The highest BCUT2D eigenvalue weighted by Crippen LogP contribution is 2.36. The zero-order valence-corrected chi connectivity index (χ0v) is 13.1. The van der Waals surface area contributed by atoms with Gasteiger partial charge in [-0.05, 0) is 37.1 Å². The molecule has 0 unspecified atom stereocenters. The third-order valence-corrected chi connectivity index (χ3v) is 4.93. The fourth-order valence-electron chi connectivity index (χ4n) is 3.84. The second kappa shape index (κ2) is 6.54. The van der Waals surface area contributed by atoms with Crippen LogP contribution in [0.3, 0.4) is 0 Å². The summed E-state index contributed by atoms with van der Waals surface area (Å²) < 4.78 is 6.14. The van der Waals surface area contributed by atoms with Crippen LogP contribution in [0.2, 0.25) is 0 Å². The minimum atomic E-state index is 0.299. The number of nitrogens with one attached hydrogen (secondary N) is 1. The number of rotatable bonds is 4. The van der Waals surface area contributed by atoms with Gasteiger partial charge in [0.1, 0.15) is 0 Å². The number of hydrogen-bond donors (Lipinski definition) is 1. The minimum absolute atomic E-state index is 0.299. The molecule has 2 aliphatic rings. The largest absolute Gasteiger partial charge is 0.383 e. The van der Waals surface area contributed by atoms with Crippen molar-refractivity contribution in [1.29, 1.82) is 0 Å². The summed E-state index contributed by atoms with van der Waals surface area (Å²) in [5.74, 6) is 0.541. The smallest absolute Gasteiger partial charge is 0.0823 e. The molecule has 2 aromatic heterocycles. The average molecular weight is 310 g/mol. The minimum Gasteiger partial charge on any atom is -0.383 e. The molecule has 1 aliphatic carbocycles. The maximum atomic E-state index is 6.14. The molecule has 1 N–H and O–H groups in total. The summed E-state index contributed by atoms with van der Waals surface area (Å²) in [7, 11) is 0. The van der Waals surface area contributed by atoms with Gasteiger partial charge in [-0.25, -0.2) is 0 Å². The fraction of sp³-hybridized carbons (Fsp3) is 0.444. The van der Waals surface area contributed by atoms with Crippen molar-refractivity contribution in [2.75, 3.05) is 29.9 Å². The van der Waals surface area contributed by atoms with E-state index in [1.807, 2.05) is 30.7 Å². The van der Waals surface area contributed by atoms with E-state index in [4.69, 9.17) is 4.74 Å². The van der Waals surface area contributed by atoms with Gasteiger partial charge in [-0.3, -0.25) is 9.97 Å². The van der Waals surface area contributed by atoms with E-state index in [1.165, 1.54) is 18.5 Å². The Morgan fingerprint density at radius 1 is 1.13 bits per heavy atom. The zero-order valence-electron chi connectivity index (χ0n) is 13.1. The molecule has 23 heavy (non-hydrogen) atoms. The van der Waals surface area contributed by atoms with Gasteiger partial charge in [0, 0.05) is 37.6 Å². The first-order chi connectivity index (χ1) is 11.4. The summed E-state index contributed by atoms with van der Waals surface area (Å²) in [6.07, 6.45) is 10.1. The predicted octanol–water partition coefficient (Wildman–Crippen LogP) is 2.57. The Balaban J connectivity index is 1.43. The number of hydrogen-bond acceptors (Lipinski definition) is 5. The van der Waals surface area contributed by atoms with Crippen LogP contribution in [-0.2, 0) is 4.74 Å². The Morgan fingerprint density at radius 3 is 2.78 bits per heavy atom. The predicted molar refractivity (Wildman–Crippen MR) is 90.6 cm³/mol. The molecule has 1 saturated carbocycles. The molecule has 120 valence electrons. The van der Waals surface area contributed by atoms with Gasteiger partial charge < -0.3 is 15.0 Å². The first-order valence-electron chi connectivity index (χ1n) is 8.34. The lowest BCUT2D eigenvalue weighted by Gasteiger charge is -2.40. The SMILES string of the molecule is c1cncc(NC[C@@H]2CC[C@H]3[C@@H]2OCCN3c2cccnc2)c1. The van der Waals surface area contributed by atoms with Crippen molar-refractivity contribution in [1.82, 2.24) is 9.97 Å². The molecule has 1 aliphatic heterocycles. The molecule has 2 aromatic rings. The number of nitrogens with zero attached hydrogens (tertiary/aromatic N) is 3. The van der Waals surface area contributed by atoms with E-state index in [0.717, 1.165) is 25.4 Å². The molecule has 0 aromatic carbocycles. The molecule has 4 rings (SSSR count). The third-order valence-electron chi connectivity index (χ3n) is 4.93. The Morgan fingerprint density at radius 2 is 2.00 bits per heavy atom. The number of aromatic nitrogens is 2. The van der Waals surface area contributed by atoms with E-state index in [1.54, 1.807) is 6.20 Å². The van der Waals surface area contributed by atoms with Crippen LogP contribution in [0.15, 0.2) is 49.1 Å². The van der Waals surface area contributed by atoms with Crippen molar-refractivity contribution in [3.05, 3.63) is 49.1 Å². The van der Waals surface area contributed by atoms with Crippen LogP contribution >= 0.6 is 0 Å². The Bertz CT molecular complexity index is 621. The number of anilines is 2. The van der Waals surface area contributed by atoms with Gasteiger partial charge in [0.2, 0.25) is 0 Å². The normalized spacial score (nSPS) is 26.8. The first-order valence-corrected chi connectivity index (χ1v) is 8.34. The highest BCUT2D eigenvalue weighted by Gasteiger charge is 2.42. The monoisotopic (exact) mass is 310 g/mol. The van der Waals surface area contributed by atoms with E-state index in [-0.39, 0.29) is 0 Å². The molecule has 0 amide bonds. The van der Waals surface area contributed by atoms with E-state index in [9.17, 15) is 0 Å². The lowest BCUT2D eigenvalue weighted by atomic mass is 10.0. The molecular weight excluding hydrogens is 288 g/mol. The first kappa shape index (κ1) is 14.5. The summed E-state index contributed by atoms with van der Waals surface area (Å²) in [5, 5.41) is 3.50. The van der Waals surface area contributed by atoms with Gasteiger partial charge in [0.05, 0.1) is 36.3 Å². The molecular formula is C18H22N4O. The second-order valence-electron chi connectivity index (χ2n) is 6.27. The van der Waals surface area contributed by atoms with Crippen molar-refractivity contribution in [3.8, 4) is 0 Å². The van der Waals surface area contributed by atoms with Crippen molar-refractivity contribution in [3.63, 3.8) is 0 Å². The molecule has 1 saturated heterocycles.